The number of hydrogen-bond donors (Lipinski definition) is 1. The maximum atomic E-state index is 13.9. The van der Waals surface area contributed by atoms with Crippen LogP contribution in [-0.2, 0) is 19.7 Å². The Morgan fingerprint density at radius 1 is 1.26 bits per heavy atom. The normalized spacial score (nSPS) is 11.7. The molecule has 0 spiro atoms. The molecule has 1 N–H and O–H groups in total. The summed E-state index contributed by atoms with van der Waals surface area (Å²) in [4.78, 5) is 0. The minimum absolute atomic E-state index is 0.0790. The highest BCUT2D eigenvalue weighted by molar-refractivity contribution is 5.24. The van der Waals surface area contributed by atoms with E-state index in [-0.39, 0.29) is 17.8 Å². The van der Waals surface area contributed by atoms with Crippen molar-refractivity contribution in [3.8, 4) is 5.88 Å². The van der Waals surface area contributed by atoms with Gasteiger partial charge in [0.15, 0.2) is 0 Å². The van der Waals surface area contributed by atoms with Crippen molar-refractivity contribution in [1.29, 1.82) is 0 Å². The zero-order valence-electron chi connectivity index (χ0n) is 14.6. The van der Waals surface area contributed by atoms with E-state index in [0.29, 0.717) is 18.0 Å². The van der Waals surface area contributed by atoms with Gasteiger partial charge in [0.1, 0.15) is 12.4 Å². The number of ether oxygens (including phenoxy) is 1. The van der Waals surface area contributed by atoms with Crippen LogP contribution in [0.4, 0.5) is 4.39 Å². The molecular formula is C18H26FN3O. The van der Waals surface area contributed by atoms with Gasteiger partial charge < -0.3 is 10.1 Å². The Labute approximate surface area is 137 Å². The van der Waals surface area contributed by atoms with E-state index in [1.54, 1.807) is 6.07 Å². The third-order valence-electron chi connectivity index (χ3n) is 3.35. The van der Waals surface area contributed by atoms with Gasteiger partial charge in [0.05, 0.1) is 5.69 Å². The Kier molecular flexibility index (Phi) is 5.42. The van der Waals surface area contributed by atoms with E-state index in [9.17, 15) is 4.39 Å². The highest BCUT2D eigenvalue weighted by atomic mass is 19.1. The summed E-state index contributed by atoms with van der Waals surface area (Å²) >= 11 is 0. The van der Waals surface area contributed by atoms with Crippen molar-refractivity contribution in [1.82, 2.24) is 15.1 Å². The van der Waals surface area contributed by atoms with Crippen LogP contribution in [0, 0.1) is 18.2 Å². The maximum Gasteiger partial charge on any atom is 0.212 e. The van der Waals surface area contributed by atoms with E-state index in [1.807, 2.05) is 30.8 Å². The molecule has 0 aliphatic rings. The van der Waals surface area contributed by atoms with Crippen molar-refractivity contribution in [2.45, 2.75) is 47.4 Å². The largest absolute Gasteiger partial charge is 0.473 e. The summed E-state index contributed by atoms with van der Waals surface area (Å²) in [5, 5.41) is 7.66. The molecular weight excluding hydrogens is 293 g/mol. The van der Waals surface area contributed by atoms with E-state index in [4.69, 9.17) is 4.74 Å². The molecule has 5 heteroatoms. The number of hydrogen-bond acceptors (Lipinski definition) is 3. The van der Waals surface area contributed by atoms with Gasteiger partial charge in [-0.2, -0.15) is 5.10 Å². The van der Waals surface area contributed by atoms with Gasteiger partial charge in [0.25, 0.3) is 0 Å². The number of nitrogens with zero attached hydrogens (tertiary/aromatic N) is 2. The van der Waals surface area contributed by atoms with E-state index < -0.39 is 0 Å². The van der Waals surface area contributed by atoms with E-state index >= 15 is 0 Å². The Morgan fingerprint density at radius 2 is 2.00 bits per heavy atom. The zero-order valence-corrected chi connectivity index (χ0v) is 14.6. The predicted octanol–water partition coefficient (Wildman–Crippen LogP) is 3.68. The quantitative estimate of drug-likeness (QED) is 0.883. The standard InChI is InChI=1S/C18H26FN3O/c1-13-6-7-16(19)14(8-13)11-23-17-9-15(10-20-5)21-22(17)12-18(2,3)4/h6-9,20H,10-12H2,1-5H3. The van der Waals surface area contributed by atoms with Crippen molar-refractivity contribution in [3.63, 3.8) is 0 Å². The molecule has 0 fully saturated rings. The number of nitrogens with one attached hydrogen (secondary N) is 1. The van der Waals surface area contributed by atoms with Crippen molar-refractivity contribution < 1.29 is 9.13 Å². The molecule has 0 bridgehead atoms. The minimum atomic E-state index is -0.243. The highest BCUT2D eigenvalue weighted by Gasteiger charge is 2.17. The molecule has 1 aromatic carbocycles. The fourth-order valence-corrected chi connectivity index (χ4v) is 2.36. The first-order valence-corrected chi connectivity index (χ1v) is 7.87. The minimum Gasteiger partial charge on any atom is -0.473 e. The van der Waals surface area contributed by atoms with Crippen LogP contribution in [0.3, 0.4) is 0 Å². The Hall–Kier alpha value is -1.88. The van der Waals surface area contributed by atoms with Gasteiger partial charge in [0, 0.05) is 24.7 Å². The molecule has 0 unspecified atom stereocenters. The predicted molar refractivity (Wildman–Crippen MR) is 89.9 cm³/mol. The molecule has 0 saturated heterocycles. The number of aromatic nitrogens is 2. The van der Waals surface area contributed by atoms with Crippen molar-refractivity contribution in [2.24, 2.45) is 5.41 Å². The van der Waals surface area contributed by atoms with Crippen LogP contribution in [-0.4, -0.2) is 16.8 Å². The average molecular weight is 319 g/mol. The van der Waals surface area contributed by atoms with Gasteiger partial charge in [-0.15, -0.1) is 0 Å². The monoisotopic (exact) mass is 319 g/mol. The number of rotatable bonds is 6. The van der Waals surface area contributed by atoms with E-state index in [0.717, 1.165) is 17.8 Å². The Morgan fingerprint density at radius 3 is 2.65 bits per heavy atom. The fourth-order valence-electron chi connectivity index (χ4n) is 2.36. The molecule has 1 aromatic heterocycles. The molecule has 2 rings (SSSR count). The van der Waals surface area contributed by atoms with Crippen molar-refractivity contribution >= 4 is 0 Å². The van der Waals surface area contributed by atoms with Crippen LogP contribution in [0.15, 0.2) is 24.3 Å². The van der Waals surface area contributed by atoms with Gasteiger partial charge >= 0.3 is 0 Å². The van der Waals surface area contributed by atoms with Crippen molar-refractivity contribution in [2.75, 3.05) is 7.05 Å². The van der Waals surface area contributed by atoms with Gasteiger partial charge in [-0.3, -0.25) is 0 Å². The molecule has 1 heterocycles. The summed E-state index contributed by atoms with van der Waals surface area (Å²) in [6, 6.07) is 6.96. The van der Waals surface area contributed by atoms with Crippen LogP contribution < -0.4 is 10.1 Å². The first-order valence-electron chi connectivity index (χ1n) is 7.87. The number of benzene rings is 1. The smallest absolute Gasteiger partial charge is 0.212 e. The molecule has 23 heavy (non-hydrogen) atoms. The Balaban J connectivity index is 2.18. The third-order valence-corrected chi connectivity index (χ3v) is 3.35. The zero-order chi connectivity index (χ0) is 17.0. The van der Waals surface area contributed by atoms with Gasteiger partial charge in [0.2, 0.25) is 5.88 Å². The molecule has 4 nitrogen and oxygen atoms in total. The Bertz CT molecular complexity index is 659. The maximum absolute atomic E-state index is 13.9. The van der Waals surface area contributed by atoms with Gasteiger partial charge in [-0.25, -0.2) is 9.07 Å². The van der Waals surface area contributed by atoms with E-state index in [1.165, 1.54) is 6.07 Å². The number of halogens is 1. The van der Waals surface area contributed by atoms with Crippen LogP contribution >= 0.6 is 0 Å². The molecule has 0 amide bonds. The van der Waals surface area contributed by atoms with Crippen LogP contribution in [0.5, 0.6) is 5.88 Å². The van der Waals surface area contributed by atoms with Crippen LogP contribution in [0.2, 0.25) is 0 Å². The summed E-state index contributed by atoms with van der Waals surface area (Å²) in [6.45, 7) is 10.00. The van der Waals surface area contributed by atoms with Gasteiger partial charge in [-0.05, 0) is 31.5 Å². The lowest BCUT2D eigenvalue weighted by atomic mass is 9.97. The summed E-state index contributed by atoms with van der Waals surface area (Å²) in [5.41, 5.74) is 2.57. The van der Waals surface area contributed by atoms with Crippen LogP contribution in [0.1, 0.15) is 37.6 Å². The SMILES string of the molecule is CNCc1cc(OCc2cc(C)ccc2F)n(CC(C)(C)C)n1. The van der Waals surface area contributed by atoms with Gasteiger partial charge in [-0.1, -0.05) is 32.4 Å². The summed E-state index contributed by atoms with van der Waals surface area (Å²) in [5.74, 6) is 0.430. The summed E-state index contributed by atoms with van der Waals surface area (Å²) < 4.78 is 21.6. The fraction of sp³-hybridized carbons (Fsp3) is 0.500. The summed E-state index contributed by atoms with van der Waals surface area (Å²) in [6.07, 6.45) is 0. The highest BCUT2D eigenvalue weighted by Crippen LogP contribution is 2.23. The molecule has 2 aromatic rings. The first-order chi connectivity index (χ1) is 10.8. The molecule has 126 valence electrons. The second-order valence-electron chi connectivity index (χ2n) is 7.11. The lowest BCUT2D eigenvalue weighted by Crippen LogP contribution is -2.18. The van der Waals surface area contributed by atoms with Crippen LogP contribution in [0.25, 0.3) is 0 Å². The second kappa shape index (κ2) is 7.13. The molecule has 0 atom stereocenters. The lowest BCUT2D eigenvalue weighted by molar-refractivity contribution is 0.240. The molecule has 0 radical (unpaired) electrons. The molecule has 0 aliphatic carbocycles. The lowest BCUT2D eigenvalue weighted by Gasteiger charge is -2.19. The topological polar surface area (TPSA) is 39.1 Å². The third kappa shape index (κ3) is 5.06. The summed E-state index contributed by atoms with van der Waals surface area (Å²) in [7, 11) is 1.88. The van der Waals surface area contributed by atoms with Crippen molar-refractivity contribution in [3.05, 3.63) is 46.9 Å². The number of aryl methyl sites for hydroxylation is 1. The molecule has 0 aliphatic heterocycles. The first kappa shape index (κ1) is 17.5. The average Bonchev–Trinajstić information content (AvgIpc) is 2.80. The second-order valence-corrected chi connectivity index (χ2v) is 7.11. The molecule has 0 saturated carbocycles. The van der Waals surface area contributed by atoms with E-state index in [2.05, 4.69) is 31.2 Å².